The number of nitrogens with one attached hydrogen (secondary N) is 5. The standard InChI is InChI=1S/C23H25N5O.C21H20F2N6O2.C21H19F2N5O.C20H16F2N4O2.C19H17N5O2/c1-16(2)26-10-12-27(13-11-26)18-8-9-21-19(14-18)22-20(15-24-21)23(29)28(25-22)17-6-4-3-5-7-17;1-27-5-7-28(8-6-27)20-15(22)9-13-18-14(11-25-19(13)17(20)23)21(30)29(26-18)16-4-3-12(31-2)10-24-16;1-26-7-9-27(10-8-26)20-16(22)11-14-18-15(12-24-19(14)17(20)23)21(29)28(25-18)13-5-3-2-4-6-13;21-15-10-13-17-14(20(27)26(24-17)12-4-2-1-3-5-12)11-23-18(13)16(22)19(15)25-6-8-28-9-7-25;25-19-15-12-21-16-5-4-13(23-7-9-26-10-8-23)11-14(16)18(15)22-24(19)17-3-1-2-6-20-17/h3-9,14-16,25H,10-13H2,1-2H3;3-4,9-11,26H,5-8H2,1-2H3;2-6,11-12,25H,7-10H2,1H3;1-5,10-11,24H,6-9H2;1-6,11-12,22H,7-10H2. The number of nitrogens with zero attached hydrogens (tertiary/aromatic N) is 20. The van der Waals surface area contributed by atoms with E-state index in [1.54, 1.807) is 92.6 Å². The molecule has 0 amide bonds. The number of aromatic nitrogens is 17. The Balaban J connectivity index is 0.000000106. The van der Waals surface area contributed by atoms with Gasteiger partial charge in [0.1, 0.15) is 56.8 Å². The topological polar surface area (TPSA) is 333 Å². The lowest BCUT2D eigenvalue weighted by Gasteiger charge is -2.38. The summed E-state index contributed by atoms with van der Waals surface area (Å²) in [6.07, 6.45) is 10.4. The second-order valence-electron chi connectivity index (χ2n) is 35.8. The van der Waals surface area contributed by atoms with Crippen LogP contribution in [0.1, 0.15) is 13.8 Å². The second-order valence-corrected chi connectivity index (χ2v) is 35.8. The molecule has 0 aliphatic carbocycles. The Hall–Kier alpha value is -16.4. The first-order valence-corrected chi connectivity index (χ1v) is 47.0. The first-order valence-electron chi connectivity index (χ1n) is 47.0. The Kier molecular flexibility index (Phi) is 25.6. The van der Waals surface area contributed by atoms with Crippen LogP contribution in [0.5, 0.6) is 5.75 Å². The Morgan fingerprint density at radius 2 is 0.636 bits per heavy atom. The molecule has 33 nitrogen and oxygen atoms in total. The van der Waals surface area contributed by atoms with Crippen molar-refractivity contribution in [1.82, 2.24) is 98.5 Å². The van der Waals surface area contributed by atoms with E-state index in [-0.39, 0.29) is 88.2 Å². The van der Waals surface area contributed by atoms with Crippen molar-refractivity contribution in [2.45, 2.75) is 19.9 Å². The van der Waals surface area contributed by atoms with Crippen molar-refractivity contribution in [1.29, 1.82) is 0 Å². The largest absolute Gasteiger partial charge is 0.495 e. The number of morpholine rings is 2. The lowest BCUT2D eigenvalue weighted by molar-refractivity contribution is 0.122. The number of anilines is 5. The van der Waals surface area contributed by atoms with Gasteiger partial charge in [-0.1, -0.05) is 60.7 Å². The van der Waals surface area contributed by atoms with Gasteiger partial charge in [0.15, 0.2) is 29.1 Å². The van der Waals surface area contributed by atoms with Gasteiger partial charge in [0.05, 0.1) is 122 Å². The fourth-order valence-corrected chi connectivity index (χ4v) is 19.1. The van der Waals surface area contributed by atoms with E-state index in [4.69, 9.17) is 14.2 Å². The quantitative estimate of drug-likeness (QED) is 0.0709. The van der Waals surface area contributed by atoms with Crippen LogP contribution in [0.3, 0.4) is 0 Å². The monoisotopic (exact) mass is 1940 g/mol. The number of para-hydroxylation sites is 3. The molecule has 5 aliphatic rings. The van der Waals surface area contributed by atoms with E-state index in [0.29, 0.717) is 128 Å². The highest BCUT2D eigenvalue weighted by atomic mass is 19.2. The number of rotatable bonds is 12. The van der Waals surface area contributed by atoms with Gasteiger partial charge in [-0.2, -0.15) is 0 Å². The molecule has 5 N–H and O–H groups in total. The van der Waals surface area contributed by atoms with Crippen molar-refractivity contribution in [2.24, 2.45) is 0 Å². The zero-order valence-corrected chi connectivity index (χ0v) is 78.5. The minimum Gasteiger partial charge on any atom is -0.495 e. The number of methoxy groups -OCH3 is 1. The molecule has 25 rings (SSSR count). The van der Waals surface area contributed by atoms with Crippen molar-refractivity contribution >= 4 is 137 Å². The molecular formula is C104H97F6N25O8. The number of H-pyrrole nitrogens is 5. The third kappa shape index (κ3) is 17.8. The Bertz CT molecular complexity index is 8520. The number of benzene rings is 8. The molecule has 17 heterocycles. The Morgan fingerprint density at radius 3 is 0.993 bits per heavy atom. The average molecular weight is 1940 g/mol. The number of hydrogen-bond donors (Lipinski definition) is 5. The maximum Gasteiger partial charge on any atom is 0.282 e. The van der Waals surface area contributed by atoms with Crippen LogP contribution in [0.2, 0.25) is 0 Å². The minimum atomic E-state index is -0.730. The fourth-order valence-electron chi connectivity index (χ4n) is 19.1. The molecule has 12 aromatic heterocycles. The van der Waals surface area contributed by atoms with E-state index < -0.39 is 40.5 Å². The van der Waals surface area contributed by atoms with Crippen molar-refractivity contribution < 1.29 is 40.6 Å². The third-order valence-electron chi connectivity index (χ3n) is 26.9. The zero-order valence-electron chi connectivity index (χ0n) is 78.5. The van der Waals surface area contributed by atoms with E-state index >= 15 is 17.6 Å². The summed E-state index contributed by atoms with van der Waals surface area (Å²) in [5.74, 6) is -2.74. The summed E-state index contributed by atoms with van der Waals surface area (Å²) in [5.41, 5.74) is 7.34. The first kappa shape index (κ1) is 93.0. The summed E-state index contributed by atoms with van der Waals surface area (Å²) in [7, 11) is 5.47. The van der Waals surface area contributed by atoms with Gasteiger partial charge in [-0.3, -0.25) is 79.3 Å². The Morgan fingerprint density at radius 1 is 0.308 bits per heavy atom. The third-order valence-corrected chi connectivity index (χ3v) is 26.9. The SMILES string of the molecule is CC(C)N1CCN(c2ccc3ncc4c(=O)n(-c5ccccc5)[nH]c4c3c2)CC1.CN1CCN(c2c(F)cc3c(ncc4c(=O)n(-c5ccccc5)[nH]c43)c2F)CC1.COc1ccc(-n2[nH]c3c(cnc4c(F)c(N5CCN(C)CC5)c(F)cc43)c2=O)nc1.O=c1c2cnc3c(F)c(N4CCOCC4)c(F)cc3c2[nH]n1-c1ccccc1.O=c1c2cnc3ccc(N4CCOCC4)cc3c2[nH]n1-c1ccccn1. The van der Waals surface area contributed by atoms with Gasteiger partial charge in [-0.25, -0.2) is 59.7 Å². The van der Waals surface area contributed by atoms with Crippen molar-refractivity contribution in [3.05, 3.63) is 306 Å². The van der Waals surface area contributed by atoms with Crippen LogP contribution in [-0.4, -0.2) is 257 Å². The maximum absolute atomic E-state index is 15.4. The summed E-state index contributed by atoms with van der Waals surface area (Å²) < 4.78 is 114. The van der Waals surface area contributed by atoms with Crippen LogP contribution < -0.4 is 57.0 Å². The van der Waals surface area contributed by atoms with Crippen molar-refractivity contribution in [3.63, 3.8) is 0 Å². The number of likely N-dealkylation sites (N-methyl/N-ethyl adjacent to an activating group) is 2. The highest BCUT2D eigenvalue weighted by Gasteiger charge is 2.32. The minimum absolute atomic E-state index is 0.0129. The van der Waals surface area contributed by atoms with Crippen LogP contribution in [0.25, 0.3) is 138 Å². The normalized spacial score (nSPS) is 15.2. The molecule has 143 heavy (non-hydrogen) atoms. The van der Waals surface area contributed by atoms with Crippen LogP contribution in [0.15, 0.2) is 243 Å². The van der Waals surface area contributed by atoms with Gasteiger partial charge in [0, 0.05) is 186 Å². The van der Waals surface area contributed by atoms with E-state index in [0.717, 1.165) is 110 Å². The number of aromatic amines is 5. The van der Waals surface area contributed by atoms with Gasteiger partial charge in [0.25, 0.3) is 27.8 Å². The van der Waals surface area contributed by atoms with Gasteiger partial charge >= 0.3 is 0 Å². The molecule has 0 radical (unpaired) electrons. The van der Waals surface area contributed by atoms with Gasteiger partial charge in [-0.15, -0.1) is 0 Å². The van der Waals surface area contributed by atoms with E-state index in [9.17, 15) is 32.8 Å². The van der Waals surface area contributed by atoms with Crippen LogP contribution in [0.4, 0.5) is 54.8 Å². The predicted molar refractivity (Wildman–Crippen MR) is 542 cm³/mol. The molecule has 8 aromatic carbocycles. The number of halogens is 6. The molecule has 0 spiro atoms. The summed E-state index contributed by atoms with van der Waals surface area (Å²) >= 11 is 0. The summed E-state index contributed by atoms with van der Waals surface area (Å²) in [6.45, 7) is 18.5. The van der Waals surface area contributed by atoms with E-state index in [1.807, 2.05) is 86.9 Å². The van der Waals surface area contributed by atoms with Crippen LogP contribution in [-0.2, 0) is 9.47 Å². The highest BCUT2D eigenvalue weighted by molar-refractivity contribution is 6.08. The van der Waals surface area contributed by atoms with Gasteiger partial charge in [0.2, 0.25) is 0 Å². The van der Waals surface area contributed by atoms with Crippen LogP contribution in [0, 0.1) is 34.9 Å². The summed E-state index contributed by atoms with van der Waals surface area (Å²) in [6, 6.07) is 53.2. The lowest BCUT2D eigenvalue weighted by Crippen LogP contribution is -2.48. The number of fused-ring (bicyclic) bond motifs is 15. The fraction of sp³-hybridized carbons (Fsp3) is 0.250. The number of ether oxygens (including phenoxy) is 3. The molecule has 5 saturated heterocycles. The molecular weight excluding hydrogens is 1840 g/mol. The molecule has 39 heteroatoms. The van der Waals surface area contributed by atoms with Gasteiger partial charge < -0.3 is 48.5 Å². The Labute approximate surface area is 809 Å². The molecule has 0 atom stereocenters. The number of piperazine rings is 3. The molecule has 20 aromatic rings. The smallest absolute Gasteiger partial charge is 0.282 e. The molecule has 5 fully saturated rings. The van der Waals surface area contributed by atoms with E-state index in [2.05, 4.69) is 129 Å². The number of pyridine rings is 7. The molecule has 5 aliphatic heterocycles. The highest BCUT2D eigenvalue weighted by Crippen LogP contribution is 2.39. The average Bonchev–Trinajstić information content (AvgIpc) is 1.64. The molecule has 728 valence electrons. The van der Waals surface area contributed by atoms with Crippen molar-refractivity contribution in [3.8, 4) is 34.4 Å². The molecule has 0 unspecified atom stereocenters. The number of hydrogen-bond acceptors (Lipinski definition) is 23. The maximum atomic E-state index is 15.4. The van der Waals surface area contributed by atoms with Crippen LogP contribution >= 0.6 is 0 Å². The summed E-state index contributed by atoms with van der Waals surface area (Å²) in [5, 5.41) is 20.0. The first-order chi connectivity index (χ1) is 69.6. The van der Waals surface area contributed by atoms with Gasteiger partial charge in [-0.05, 0) is 143 Å². The predicted octanol–water partition coefficient (Wildman–Crippen LogP) is 13.7. The lowest BCUT2D eigenvalue weighted by atomic mass is 10.1. The zero-order chi connectivity index (χ0) is 98.5. The second kappa shape index (κ2) is 39.4. The molecule has 0 saturated carbocycles. The van der Waals surface area contributed by atoms with Crippen molar-refractivity contribution in [2.75, 3.05) is 177 Å². The molecule has 0 bridgehead atoms. The summed E-state index contributed by atoms with van der Waals surface area (Å²) in [4.78, 5) is 111. The van der Waals surface area contributed by atoms with E-state index in [1.165, 1.54) is 74.5 Å².